The fourth-order valence-corrected chi connectivity index (χ4v) is 4.78. The highest BCUT2D eigenvalue weighted by molar-refractivity contribution is 5.99. The quantitative estimate of drug-likeness (QED) is 0.877. The molecule has 1 N–H and O–H groups in total. The van der Waals surface area contributed by atoms with Crippen LogP contribution in [0.25, 0.3) is 16.5 Å². The van der Waals surface area contributed by atoms with Gasteiger partial charge in [0.2, 0.25) is 5.91 Å². The predicted octanol–water partition coefficient (Wildman–Crippen LogP) is 2.66. The van der Waals surface area contributed by atoms with E-state index in [1.165, 1.54) is 27.6 Å². The molecule has 1 fully saturated rings. The second-order valence-corrected chi connectivity index (χ2v) is 7.46. The molecule has 1 aromatic carbocycles. The molecule has 3 heterocycles. The van der Waals surface area contributed by atoms with Gasteiger partial charge in [-0.3, -0.25) is 9.69 Å². The third kappa shape index (κ3) is 1.99. The lowest BCUT2D eigenvalue weighted by atomic mass is 9.79. The van der Waals surface area contributed by atoms with Crippen LogP contribution in [0.4, 0.5) is 0 Å². The maximum absolute atomic E-state index is 12.9. The number of rotatable bonds is 1. The fourth-order valence-electron chi connectivity index (χ4n) is 4.78. The number of amides is 1. The number of aromatic amines is 1. The van der Waals surface area contributed by atoms with Gasteiger partial charge in [-0.25, -0.2) is 0 Å². The highest BCUT2D eigenvalue weighted by Gasteiger charge is 2.37. The number of H-pyrrole nitrogens is 1. The van der Waals surface area contributed by atoms with Gasteiger partial charge in [-0.05, 0) is 49.1 Å². The van der Waals surface area contributed by atoms with Crippen molar-refractivity contribution in [2.75, 3.05) is 26.7 Å². The van der Waals surface area contributed by atoms with E-state index in [9.17, 15) is 4.79 Å². The Hall–Kier alpha value is -2.07. The zero-order valence-corrected chi connectivity index (χ0v) is 14.1. The molecule has 1 amide bonds. The Labute approximate surface area is 142 Å². The Bertz CT molecular complexity index is 844. The number of carbonyl (C=O) groups excluding carboxylic acids is 1. The Morgan fingerprint density at radius 1 is 1.25 bits per heavy atom. The van der Waals surface area contributed by atoms with E-state index < -0.39 is 0 Å². The molecule has 3 aliphatic rings. The van der Waals surface area contributed by atoms with Crippen LogP contribution in [0.2, 0.25) is 0 Å². The molecule has 1 saturated heterocycles. The van der Waals surface area contributed by atoms with Crippen molar-refractivity contribution in [1.82, 2.24) is 14.8 Å². The molecule has 24 heavy (non-hydrogen) atoms. The Kier molecular flexibility index (Phi) is 3.10. The summed E-state index contributed by atoms with van der Waals surface area (Å²) in [4.78, 5) is 20.7. The minimum absolute atomic E-state index is 0.00454. The molecule has 4 nitrogen and oxygen atoms in total. The van der Waals surface area contributed by atoms with E-state index in [0.717, 1.165) is 38.9 Å². The SMILES string of the molecule is CN1C[C@H](C(=O)N2CCCC2)C=C2c3cccc4[nH]cc(c34)CC21. The van der Waals surface area contributed by atoms with Gasteiger partial charge in [0.15, 0.2) is 0 Å². The standard InChI is InChI=1S/C20H23N3O/c1-22-12-14(20(24)23-7-2-3-8-23)9-16-15-5-4-6-17-19(15)13(11-21-17)10-18(16)22/h4-6,9,11,14,18,21H,2-3,7-8,10,12H2,1H3/t14-,18?/m1/s1. The molecular weight excluding hydrogens is 298 g/mol. The molecule has 5 rings (SSSR count). The molecule has 1 aromatic heterocycles. The van der Waals surface area contributed by atoms with E-state index in [1.807, 2.05) is 0 Å². The van der Waals surface area contributed by atoms with Crippen LogP contribution in [0.15, 0.2) is 30.5 Å². The number of hydrogen-bond acceptors (Lipinski definition) is 2. The zero-order valence-electron chi connectivity index (χ0n) is 14.1. The van der Waals surface area contributed by atoms with Gasteiger partial charge in [0.25, 0.3) is 0 Å². The van der Waals surface area contributed by atoms with Crippen molar-refractivity contribution < 1.29 is 4.79 Å². The Morgan fingerprint density at radius 3 is 2.92 bits per heavy atom. The summed E-state index contributed by atoms with van der Waals surface area (Å²) in [6, 6.07) is 6.87. The monoisotopic (exact) mass is 321 g/mol. The number of nitrogens with zero attached hydrogens (tertiary/aromatic N) is 2. The smallest absolute Gasteiger partial charge is 0.230 e. The van der Waals surface area contributed by atoms with Gasteiger partial charge in [0, 0.05) is 42.8 Å². The molecule has 2 atom stereocenters. The van der Waals surface area contributed by atoms with Crippen molar-refractivity contribution in [3.8, 4) is 0 Å². The molecule has 2 aromatic rings. The number of nitrogens with one attached hydrogen (secondary N) is 1. The molecule has 124 valence electrons. The average Bonchev–Trinajstić information content (AvgIpc) is 3.26. The Balaban J connectivity index is 1.59. The van der Waals surface area contributed by atoms with Crippen LogP contribution < -0.4 is 0 Å². The lowest BCUT2D eigenvalue weighted by Gasteiger charge is -2.40. The number of likely N-dealkylation sites (tertiary alicyclic amines) is 1. The van der Waals surface area contributed by atoms with Crippen LogP contribution in [-0.4, -0.2) is 53.4 Å². The molecule has 0 bridgehead atoms. The van der Waals surface area contributed by atoms with Gasteiger partial charge < -0.3 is 9.88 Å². The maximum atomic E-state index is 12.9. The molecule has 2 aliphatic heterocycles. The highest BCUT2D eigenvalue weighted by atomic mass is 16.2. The molecule has 4 heteroatoms. The van der Waals surface area contributed by atoms with Gasteiger partial charge in [0.05, 0.1) is 5.92 Å². The third-order valence-electron chi connectivity index (χ3n) is 6.00. The summed E-state index contributed by atoms with van der Waals surface area (Å²) in [5, 5.41) is 1.35. The van der Waals surface area contributed by atoms with E-state index in [-0.39, 0.29) is 5.92 Å². The third-order valence-corrected chi connectivity index (χ3v) is 6.00. The van der Waals surface area contributed by atoms with Crippen molar-refractivity contribution in [1.29, 1.82) is 0 Å². The van der Waals surface area contributed by atoms with E-state index in [4.69, 9.17) is 0 Å². The first-order valence-electron chi connectivity index (χ1n) is 9.02. The van der Waals surface area contributed by atoms with E-state index in [2.05, 4.69) is 52.3 Å². The number of likely N-dealkylation sites (N-methyl/N-ethyl adjacent to an activating group) is 1. The summed E-state index contributed by atoms with van der Waals surface area (Å²) in [5.41, 5.74) is 5.26. The maximum Gasteiger partial charge on any atom is 0.230 e. The van der Waals surface area contributed by atoms with E-state index in [0.29, 0.717) is 11.9 Å². The summed E-state index contributed by atoms with van der Waals surface area (Å²) in [7, 11) is 2.17. The first-order chi connectivity index (χ1) is 11.7. The zero-order chi connectivity index (χ0) is 16.3. The van der Waals surface area contributed by atoms with Gasteiger partial charge in [-0.2, -0.15) is 0 Å². The fraction of sp³-hybridized carbons (Fsp3) is 0.450. The summed E-state index contributed by atoms with van der Waals surface area (Å²) < 4.78 is 0. The summed E-state index contributed by atoms with van der Waals surface area (Å²) in [6.07, 6.45) is 7.76. The number of benzene rings is 1. The van der Waals surface area contributed by atoms with Crippen molar-refractivity contribution in [3.63, 3.8) is 0 Å². The van der Waals surface area contributed by atoms with Crippen molar-refractivity contribution in [2.45, 2.75) is 25.3 Å². The molecule has 1 aliphatic carbocycles. The topological polar surface area (TPSA) is 39.3 Å². The van der Waals surface area contributed by atoms with Crippen LogP contribution >= 0.6 is 0 Å². The second kappa shape index (κ2) is 5.21. The van der Waals surface area contributed by atoms with Crippen LogP contribution in [-0.2, 0) is 11.2 Å². The lowest BCUT2D eigenvalue weighted by Crippen LogP contribution is -2.47. The molecular formula is C20H23N3O. The minimum Gasteiger partial charge on any atom is -0.361 e. The predicted molar refractivity (Wildman–Crippen MR) is 95.7 cm³/mol. The van der Waals surface area contributed by atoms with Crippen molar-refractivity contribution >= 4 is 22.4 Å². The van der Waals surface area contributed by atoms with Crippen LogP contribution in [0, 0.1) is 5.92 Å². The first-order valence-corrected chi connectivity index (χ1v) is 9.02. The van der Waals surface area contributed by atoms with E-state index in [1.54, 1.807) is 0 Å². The number of fused-ring (bicyclic) bond motifs is 2. The average molecular weight is 321 g/mol. The number of carbonyl (C=O) groups is 1. The minimum atomic E-state index is -0.00454. The van der Waals surface area contributed by atoms with Crippen molar-refractivity contribution in [3.05, 3.63) is 41.6 Å². The van der Waals surface area contributed by atoms with E-state index >= 15 is 0 Å². The van der Waals surface area contributed by atoms with Crippen molar-refractivity contribution in [2.24, 2.45) is 5.92 Å². The summed E-state index contributed by atoms with van der Waals surface area (Å²) >= 11 is 0. The Morgan fingerprint density at radius 2 is 2.08 bits per heavy atom. The van der Waals surface area contributed by atoms with Crippen LogP contribution in [0.5, 0.6) is 0 Å². The summed E-state index contributed by atoms with van der Waals surface area (Å²) in [5.74, 6) is 0.312. The second-order valence-electron chi connectivity index (χ2n) is 7.46. The van der Waals surface area contributed by atoms with Gasteiger partial charge in [-0.1, -0.05) is 18.2 Å². The number of aromatic nitrogens is 1. The first kappa shape index (κ1) is 14.3. The normalized spacial score (nSPS) is 26.5. The summed E-state index contributed by atoms with van der Waals surface area (Å²) in [6.45, 7) is 2.70. The molecule has 0 spiro atoms. The molecule has 1 unspecified atom stereocenters. The lowest BCUT2D eigenvalue weighted by molar-refractivity contribution is -0.133. The van der Waals surface area contributed by atoms with Gasteiger partial charge >= 0.3 is 0 Å². The molecule has 0 radical (unpaired) electrons. The van der Waals surface area contributed by atoms with Crippen LogP contribution in [0.3, 0.4) is 0 Å². The molecule has 0 saturated carbocycles. The van der Waals surface area contributed by atoms with Gasteiger partial charge in [0.1, 0.15) is 0 Å². The van der Waals surface area contributed by atoms with Crippen LogP contribution in [0.1, 0.15) is 24.0 Å². The van der Waals surface area contributed by atoms with Gasteiger partial charge in [-0.15, -0.1) is 0 Å². The number of hydrogen-bond donors (Lipinski definition) is 1. The highest BCUT2D eigenvalue weighted by Crippen LogP contribution is 2.41. The largest absolute Gasteiger partial charge is 0.361 e.